The molecular formula is C15H19F3N2O. The van der Waals surface area contributed by atoms with Gasteiger partial charge in [0.05, 0.1) is 5.56 Å². The lowest BCUT2D eigenvalue weighted by Crippen LogP contribution is -2.43. The van der Waals surface area contributed by atoms with Gasteiger partial charge in [-0.3, -0.25) is 0 Å². The molecule has 1 atom stereocenters. The number of nitrogens with zero attached hydrogens (tertiary/aromatic N) is 1. The van der Waals surface area contributed by atoms with Gasteiger partial charge in [-0.2, -0.15) is 13.2 Å². The van der Waals surface area contributed by atoms with Crippen molar-refractivity contribution in [3.8, 4) is 0 Å². The molecule has 6 heteroatoms. The highest BCUT2D eigenvalue weighted by atomic mass is 19.4. The molecule has 1 aliphatic carbocycles. The fourth-order valence-electron chi connectivity index (χ4n) is 2.24. The van der Waals surface area contributed by atoms with Crippen molar-refractivity contribution in [3.63, 3.8) is 0 Å². The van der Waals surface area contributed by atoms with Gasteiger partial charge in [0.1, 0.15) is 0 Å². The number of hydrogen-bond acceptors (Lipinski definition) is 1. The number of carbonyl (C=O) groups excluding carboxylic acids is 1. The maximum Gasteiger partial charge on any atom is 0.416 e. The zero-order chi connectivity index (χ0) is 15.6. The van der Waals surface area contributed by atoms with Gasteiger partial charge in [-0.15, -0.1) is 0 Å². The van der Waals surface area contributed by atoms with Gasteiger partial charge in [0, 0.05) is 19.6 Å². The van der Waals surface area contributed by atoms with Crippen LogP contribution >= 0.6 is 0 Å². The number of amides is 2. The molecule has 116 valence electrons. The Morgan fingerprint density at radius 3 is 2.67 bits per heavy atom. The van der Waals surface area contributed by atoms with E-state index >= 15 is 0 Å². The molecule has 1 saturated carbocycles. The Balaban J connectivity index is 1.91. The van der Waals surface area contributed by atoms with E-state index in [0.717, 1.165) is 25.0 Å². The molecule has 3 nitrogen and oxygen atoms in total. The molecule has 2 rings (SSSR count). The van der Waals surface area contributed by atoms with E-state index in [9.17, 15) is 18.0 Å². The molecule has 1 unspecified atom stereocenters. The zero-order valence-electron chi connectivity index (χ0n) is 12.1. The van der Waals surface area contributed by atoms with Gasteiger partial charge >= 0.3 is 12.2 Å². The van der Waals surface area contributed by atoms with Gasteiger partial charge < -0.3 is 10.2 Å². The smallest absolute Gasteiger partial charge is 0.334 e. The molecule has 0 bridgehead atoms. The minimum atomic E-state index is -4.36. The van der Waals surface area contributed by atoms with Gasteiger partial charge in [-0.05, 0) is 43.4 Å². The third-order valence-corrected chi connectivity index (χ3v) is 3.93. The molecule has 1 aromatic carbocycles. The monoisotopic (exact) mass is 300 g/mol. The number of halogens is 3. The van der Waals surface area contributed by atoms with Crippen LogP contribution in [0.2, 0.25) is 0 Å². The number of alkyl halides is 3. The summed E-state index contributed by atoms with van der Waals surface area (Å²) in [5, 5.41) is 2.66. The fourth-order valence-corrected chi connectivity index (χ4v) is 2.24. The van der Waals surface area contributed by atoms with E-state index in [4.69, 9.17) is 0 Å². The second-order valence-electron chi connectivity index (χ2n) is 5.55. The fraction of sp³-hybridized carbons (Fsp3) is 0.533. The van der Waals surface area contributed by atoms with Crippen LogP contribution in [-0.4, -0.2) is 24.0 Å². The topological polar surface area (TPSA) is 32.3 Å². The number of urea groups is 1. The first-order valence-corrected chi connectivity index (χ1v) is 6.96. The summed E-state index contributed by atoms with van der Waals surface area (Å²) >= 11 is 0. The number of rotatable bonds is 4. The number of hydrogen-bond donors (Lipinski definition) is 1. The Morgan fingerprint density at radius 1 is 1.43 bits per heavy atom. The molecule has 2 amide bonds. The summed E-state index contributed by atoms with van der Waals surface area (Å²) in [6.07, 6.45) is -2.10. The summed E-state index contributed by atoms with van der Waals surface area (Å²) in [6.45, 7) is 2.08. The molecule has 1 aromatic rings. The van der Waals surface area contributed by atoms with Crippen molar-refractivity contribution in [3.05, 3.63) is 35.4 Å². The normalized spacial score (nSPS) is 16.4. The lowest BCUT2D eigenvalue weighted by atomic mass is 10.1. The maximum atomic E-state index is 12.6. The molecule has 0 radical (unpaired) electrons. The van der Waals surface area contributed by atoms with E-state index in [1.807, 2.05) is 6.92 Å². The van der Waals surface area contributed by atoms with Crippen LogP contribution in [0.3, 0.4) is 0 Å². The molecule has 1 aliphatic rings. The first-order valence-electron chi connectivity index (χ1n) is 6.96. The SMILES string of the molecule is CC(C1CC1)N(C)C(=O)NCc1cccc(C(F)(F)F)c1. The van der Waals surface area contributed by atoms with Crippen LogP contribution in [0.1, 0.15) is 30.9 Å². The molecule has 0 aromatic heterocycles. The summed E-state index contributed by atoms with van der Waals surface area (Å²) in [5.74, 6) is 0.550. The average molecular weight is 300 g/mol. The van der Waals surface area contributed by atoms with Gasteiger partial charge in [0.2, 0.25) is 0 Å². The second-order valence-corrected chi connectivity index (χ2v) is 5.55. The van der Waals surface area contributed by atoms with Crippen molar-refractivity contribution >= 4 is 6.03 Å². The molecule has 21 heavy (non-hydrogen) atoms. The first-order chi connectivity index (χ1) is 9.79. The Labute approximate surface area is 122 Å². The van der Waals surface area contributed by atoms with Crippen molar-refractivity contribution < 1.29 is 18.0 Å². The van der Waals surface area contributed by atoms with Gasteiger partial charge in [-0.25, -0.2) is 4.79 Å². The number of nitrogens with one attached hydrogen (secondary N) is 1. The predicted octanol–water partition coefficient (Wildman–Crippen LogP) is 3.65. The largest absolute Gasteiger partial charge is 0.416 e. The third kappa shape index (κ3) is 4.12. The van der Waals surface area contributed by atoms with E-state index < -0.39 is 11.7 Å². The number of benzene rings is 1. The Bertz CT molecular complexity index is 512. The lowest BCUT2D eigenvalue weighted by Gasteiger charge is -2.25. The van der Waals surface area contributed by atoms with E-state index in [0.29, 0.717) is 11.5 Å². The van der Waals surface area contributed by atoms with Crippen LogP contribution in [0.15, 0.2) is 24.3 Å². The van der Waals surface area contributed by atoms with E-state index in [-0.39, 0.29) is 18.6 Å². The Morgan fingerprint density at radius 2 is 2.10 bits per heavy atom. The standard InChI is InChI=1S/C15H19F3N2O/c1-10(12-6-7-12)20(2)14(21)19-9-11-4-3-5-13(8-11)15(16,17)18/h3-5,8,10,12H,6-7,9H2,1-2H3,(H,19,21). The van der Waals surface area contributed by atoms with E-state index in [1.165, 1.54) is 6.07 Å². The highest BCUT2D eigenvalue weighted by Gasteiger charge is 2.32. The van der Waals surface area contributed by atoms with Crippen LogP contribution in [0.5, 0.6) is 0 Å². The van der Waals surface area contributed by atoms with Crippen LogP contribution in [0, 0.1) is 5.92 Å². The van der Waals surface area contributed by atoms with Crippen molar-refractivity contribution in [1.29, 1.82) is 0 Å². The minimum Gasteiger partial charge on any atom is -0.334 e. The second kappa shape index (κ2) is 5.95. The minimum absolute atomic E-state index is 0.0878. The summed E-state index contributed by atoms with van der Waals surface area (Å²) in [5.41, 5.74) is -0.264. The molecule has 0 spiro atoms. The Kier molecular flexibility index (Phi) is 4.44. The average Bonchev–Trinajstić information content (AvgIpc) is 3.27. The summed E-state index contributed by atoms with van der Waals surface area (Å²) in [7, 11) is 1.71. The molecule has 0 heterocycles. The summed E-state index contributed by atoms with van der Waals surface area (Å²) < 4.78 is 37.8. The lowest BCUT2D eigenvalue weighted by molar-refractivity contribution is -0.137. The molecule has 0 saturated heterocycles. The summed E-state index contributed by atoms with van der Waals surface area (Å²) in [4.78, 5) is 13.6. The number of carbonyl (C=O) groups is 1. The van der Waals surface area contributed by atoms with Crippen molar-refractivity contribution in [1.82, 2.24) is 10.2 Å². The molecular weight excluding hydrogens is 281 g/mol. The van der Waals surface area contributed by atoms with Crippen molar-refractivity contribution in [2.75, 3.05) is 7.05 Å². The van der Waals surface area contributed by atoms with E-state index in [2.05, 4.69) is 5.32 Å². The highest BCUT2D eigenvalue weighted by molar-refractivity contribution is 5.74. The quantitative estimate of drug-likeness (QED) is 0.904. The van der Waals surface area contributed by atoms with Gasteiger partial charge in [0.25, 0.3) is 0 Å². The van der Waals surface area contributed by atoms with Crippen LogP contribution in [0.4, 0.5) is 18.0 Å². The van der Waals surface area contributed by atoms with Crippen molar-refractivity contribution in [2.24, 2.45) is 5.92 Å². The highest BCUT2D eigenvalue weighted by Crippen LogP contribution is 2.34. The zero-order valence-corrected chi connectivity index (χ0v) is 12.1. The van der Waals surface area contributed by atoms with Gasteiger partial charge in [-0.1, -0.05) is 12.1 Å². The van der Waals surface area contributed by atoms with Crippen LogP contribution in [0.25, 0.3) is 0 Å². The first kappa shape index (κ1) is 15.7. The molecule has 1 N–H and O–H groups in total. The maximum absolute atomic E-state index is 12.6. The predicted molar refractivity (Wildman–Crippen MR) is 73.6 cm³/mol. The third-order valence-electron chi connectivity index (χ3n) is 3.93. The van der Waals surface area contributed by atoms with E-state index in [1.54, 1.807) is 18.0 Å². The summed E-state index contributed by atoms with van der Waals surface area (Å²) in [6, 6.07) is 4.90. The van der Waals surface area contributed by atoms with Crippen LogP contribution in [-0.2, 0) is 12.7 Å². The molecule has 1 fully saturated rings. The van der Waals surface area contributed by atoms with Crippen LogP contribution < -0.4 is 5.32 Å². The van der Waals surface area contributed by atoms with Gasteiger partial charge in [0.15, 0.2) is 0 Å². The molecule has 0 aliphatic heterocycles. The van der Waals surface area contributed by atoms with Crippen molar-refractivity contribution in [2.45, 2.75) is 38.5 Å². The Hall–Kier alpha value is -1.72.